The Morgan fingerprint density at radius 2 is 2.00 bits per heavy atom. The molecule has 0 atom stereocenters. The van der Waals surface area contributed by atoms with Gasteiger partial charge in [0.2, 0.25) is 11.8 Å². The molecular formula is C15H20N2O2. The van der Waals surface area contributed by atoms with Gasteiger partial charge in [-0.3, -0.25) is 9.59 Å². The minimum Gasteiger partial charge on any atom is -0.338 e. The number of rotatable bonds is 2. The van der Waals surface area contributed by atoms with Crippen LogP contribution in [0.5, 0.6) is 0 Å². The van der Waals surface area contributed by atoms with Crippen molar-refractivity contribution < 1.29 is 9.59 Å². The first-order valence-corrected chi connectivity index (χ1v) is 6.65. The summed E-state index contributed by atoms with van der Waals surface area (Å²) in [6.45, 7) is 6.74. The van der Waals surface area contributed by atoms with Gasteiger partial charge < -0.3 is 10.2 Å². The van der Waals surface area contributed by atoms with E-state index in [9.17, 15) is 9.59 Å². The summed E-state index contributed by atoms with van der Waals surface area (Å²) in [5, 5.41) is 2.89. The zero-order valence-electron chi connectivity index (χ0n) is 11.7. The lowest BCUT2D eigenvalue weighted by Crippen LogP contribution is -2.34. The maximum absolute atomic E-state index is 11.7. The third kappa shape index (κ3) is 3.13. The third-order valence-electron chi connectivity index (χ3n) is 3.46. The Morgan fingerprint density at radius 3 is 2.63 bits per heavy atom. The van der Waals surface area contributed by atoms with Crippen molar-refractivity contribution in [1.82, 2.24) is 4.90 Å². The second-order valence-corrected chi connectivity index (χ2v) is 5.32. The maximum Gasteiger partial charge on any atom is 0.226 e. The predicted molar refractivity (Wildman–Crippen MR) is 74.7 cm³/mol. The molecule has 0 unspecified atom stereocenters. The molecule has 4 heteroatoms. The van der Waals surface area contributed by atoms with Crippen LogP contribution in [0.25, 0.3) is 0 Å². The molecule has 1 N–H and O–H groups in total. The molecule has 0 fully saturated rings. The zero-order valence-corrected chi connectivity index (χ0v) is 11.7. The van der Waals surface area contributed by atoms with Crippen LogP contribution in [0, 0.1) is 5.92 Å². The average molecular weight is 260 g/mol. The topological polar surface area (TPSA) is 49.4 Å². The Hall–Kier alpha value is -1.84. The molecule has 0 spiro atoms. The van der Waals surface area contributed by atoms with Crippen LogP contribution in [0.15, 0.2) is 18.2 Å². The highest BCUT2D eigenvalue weighted by atomic mass is 16.2. The molecule has 0 aliphatic carbocycles. The Labute approximate surface area is 113 Å². The number of hydrogen-bond donors (Lipinski definition) is 1. The highest BCUT2D eigenvalue weighted by Gasteiger charge is 2.18. The molecule has 19 heavy (non-hydrogen) atoms. The summed E-state index contributed by atoms with van der Waals surface area (Å²) in [6, 6.07) is 5.95. The molecule has 1 aliphatic rings. The van der Waals surface area contributed by atoms with Crippen LogP contribution in [-0.2, 0) is 22.6 Å². The fourth-order valence-electron chi connectivity index (χ4n) is 2.19. The number of hydrogen-bond acceptors (Lipinski definition) is 2. The van der Waals surface area contributed by atoms with Gasteiger partial charge in [0.15, 0.2) is 0 Å². The molecule has 0 saturated carbocycles. The number of carbonyl (C=O) groups excluding carboxylic acids is 2. The van der Waals surface area contributed by atoms with Crippen LogP contribution in [0.2, 0.25) is 0 Å². The minimum atomic E-state index is -0.0373. The first-order chi connectivity index (χ1) is 8.97. The van der Waals surface area contributed by atoms with E-state index in [-0.39, 0.29) is 17.7 Å². The van der Waals surface area contributed by atoms with Gasteiger partial charge in [-0.2, -0.15) is 0 Å². The Bertz CT molecular complexity index is 509. The van der Waals surface area contributed by atoms with Gasteiger partial charge in [0, 0.05) is 31.6 Å². The number of amides is 2. The van der Waals surface area contributed by atoms with E-state index in [1.165, 1.54) is 5.56 Å². The molecule has 0 aromatic heterocycles. The van der Waals surface area contributed by atoms with E-state index in [4.69, 9.17) is 0 Å². The molecule has 0 saturated heterocycles. The van der Waals surface area contributed by atoms with Gasteiger partial charge in [0.25, 0.3) is 0 Å². The van der Waals surface area contributed by atoms with Crippen LogP contribution >= 0.6 is 0 Å². The highest BCUT2D eigenvalue weighted by molar-refractivity contribution is 5.92. The second-order valence-electron chi connectivity index (χ2n) is 5.32. The van der Waals surface area contributed by atoms with E-state index in [1.54, 1.807) is 6.92 Å². The third-order valence-corrected chi connectivity index (χ3v) is 3.46. The molecule has 4 nitrogen and oxygen atoms in total. The molecule has 102 valence electrons. The molecule has 1 aromatic carbocycles. The smallest absolute Gasteiger partial charge is 0.226 e. The second kappa shape index (κ2) is 5.43. The van der Waals surface area contributed by atoms with Gasteiger partial charge in [-0.05, 0) is 29.7 Å². The van der Waals surface area contributed by atoms with Gasteiger partial charge in [0.05, 0.1) is 0 Å². The number of nitrogens with zero attached hydrogens (tertiary/aromatic N) is 1. The number of carbonyl (C=O) groups is 2. The lowest BCUT2D eigenvalue weighted by molar-refractivity contribution is -0.129. The van der Waals surface area contributed by atoms with Crippen molar-refractivity contribution in [2.45, 2.75) is 33.7 Å². The maximum atomic E-state index is 11.7. The number of benzene rings is 1. The normalized spacial score (nSPS) is 14.2. The number of anilines is 1. The molecule has 1 heterocycles. The summed E-state index contributed by atoms with van der Waals surface area (Å²) in [6.07, 6.45) is 0.882. The van der Waals surface area contributed by atoms with Crippen molar-refractivity contribution >= 4 is 17.5 Å². The van der Waals surface area contributed by atoms with Gasteiger partial charge in [0.1, 0.15) is 0 Å². The Balaban J connectivity index is 2.16. The minimum absolute atomic E-state index is 0.0131. The number of fused-ring (bicyclic) bond motifs is 1. The van der Waals surface area contributed by atoms with E-state index in [2.05, 4.69) is 5.32 Å². The monoisotopic (exact) mass is 260 g/mol. The van der Waals surface area contributed by atoms with Crippen molar-refractivity contribution in [3.8, 4) is 0 Å². The van der Waals surface area contributed by atoms with Crippen LogP contribution in [0.1, 0.15) is 31.9 Å². The van der Waals surface area contributed by atoms with E-state index < -0.39 is 0 Å². The number of nitrogens with one attached hydrogen (secondary N) is 1. The molecular weight excluding hydrogens is 240 g/mol. The van der Waals surface area contributed by atoms with Crippen molar-refractivity contribution in [2.24, 2.45) is 5.92 Å². The molecule has 1 aromatic rings. The lowest BCUT2D eigenvalue weighted by atomic mass is 9.99. The van der Waals surface area contributed by atoms with Crippen molar-refractivity contribution in [3.63, 3.8) is 0 Å². The highest BCUT2D eigenvalue weighted by Crippen LogP contribution is 2.23. The first kappa shape index (κ1) is 13.6. The molecule has 2 rings (SSSR count). The van der Waals surface area contributed by atoms with E-state index >= 15 is 0 Å². The lowest BCUT2D eigenvalue weighted by Gasteiger charge is -2.28. The van der Waals surface area contributed by atoms with Gasteiger partial charge >= 0.3 is 0 Å². The summed E-state index contributed by atoms with van der Waals surface area (Å²) < 4.78 is 0. The van der Waals surface area contributed by atoms with E-state index in [0.29, 0.717) is 6.54 Å². The predicted octanol–water partition coefficient (Wildman–Crippen LogP) is 2.19. The molecule has 2 amide bonds. The van der Waals surface area contributed by atoms with Crippen LogP contribution in [-0.4, -0.2) is 23.3 Å². The van der Waals surface area contributed by atoms with Gasteiger partial charge in [-0.1, -0.05) is 19.9 Å². The summed E-state index contributed by atoms with van der Waals surface area (Å²) in [5.74, 6) is 0.0752. The fourth-order valence-corrected chi connectivity index (χ4v) is 2.19. The van der Waals surface area contributed by atoms with Gasteiger partial charge in [-0.15, -0.1) is 0 Å². The Kier molecular flexibility index (Phi) is 3.88. The molecule has 1 aliphatic heterocycles. The largest absolute Gasteiger partial charge is 0.338 e. The average Bonchev–Trinajstić information content (AvgIpc) is 2.37. The SMILES string of the molecule is CC(=O)N1CCc2ccc(NC(=O)C(C)C)cc2C1. The van der Waals surface area contributed by atoms with Crippen LogP contribution < -0.4 is 5.32 Å². The van der Waals surface area contributed by atoms with Gasteiger partial charge in [-0.25, -0.2) is 0 Å². The molecule has 0 bridgehead atoms. The van der Waals surface area contributed by atoms with Crippen LogP contribution in [0.4, 0.5) is 5.69 Å². The summed E-state index contributed by atoms with van der Waals surface area (Å²) in [4.78, 5) is 24.9. The standard InChI is InChI=1S/C15H20N2O2/c1-10(2)15(19)16-14-5-4-12-6-7-17(11(3)18)9-13(12)8-14/h4-5,8,10H,6-7,9H2,1-3H3,(H,16,19). The molecule has 0 radical (unpaired) electrons. The zero-order chi connectivity index (χ0) is 14.0. The van der Waals surface area contributed by atoms with Crippen molar-refractivity contribution in [1.29, 1.82) is 0 Å². The Morgan fingerprint density at radius 1 is 1.26 bits per heavy atom. The quantitative estimate of drug-likeness (QED) is 0.886. The van der Waals surface area contributed by atoms with Crippen molar-refractivity contribution in [2.75, 3.05) is 11.9 Å². The first-order valence-electron chi connectivity index (χ1n) is 6.65. The summed E-state index contributed by atoms with van der Waals surface area (Å²) in [7, 11) is 0. The summed E-state index contributed by atoms with van der Waals surface area (Å²) in [5.41, 5.74) is 3.20. The van der Waals surface area contributed by atoms with E-state index in [1.807, 2.05) is 36.9 Å². The van der Waals surface area contributed by atoms with E-state index in [0.717, 1.165) is 24.2 Å². The fraction of sp³-hybridized carbons (Fsp3) is 0.467. The van der Waals surface area contributed by atoms with Crippen molar-refractivity contribution in [3.05, 3.63) is 29.3 Å². The van der Waals surface area contributed by atoms with Crippen LogP contribution in [0.3, 0.4) is 0 Å². The summed E-state index contributed by atoms with van der Waals surface area (Å²) >= 11 is 0.